The van der Waals surface area contributed by atoms with E-state index in [0.29, 0.717) is 32.5 Å². The highest BCUT2D eigenvalue weighted by Crippen LogP contribution is 2.05. The van der Waals surface area contributed by atoms with Crippen molar-refractivity contribution in [1.29, 1.82) is 0 Å². The van der Waals surface area contributed by atoms with Gasteiger partial charge in [-0.25, -0.2) is 0 Å². The number of carbonyl (C=O) groups excluding carboxylic acids is 2. The van der Waals surface area contributed by atoms with E-state index in [1.54, 1.807) is 12.0 Å². The molecule has 16 heavy (non-hydrogen) atoms. The van der Waals surface area contributed by atoms with Crippen LogP contribution in [0.5, 0.6) is 0 Å². The van der Waals surface area contributed by atoms with Gasteiger partial charge in [0, 0.05) is 39.6 Å². The number of methoxy groups -OCH3 is 1. The number of amides is 2. The smallest absolute Gasteiger partial charge is 0.222 e. The zero-order valence-corrected chi connectivity index (χ0v) is 9.99. The van der Waals surface area contributed by atoms with Crippen LogP contribution in [0.3, 0.4) is 0 Å². The van der Waals surface area contributed by atoms with Gasteiger partial charge in [-0.15, -0.1) is 0 Å². The molecule has 0 spiro atoms. The van der Waals surface area contributed by atoms with Crippen molar-refractivity contribution >= 4 is 11.8 Å². The van der Waals surface area contributed by atoms with Crippen LogP contribution in [0, 0.1) is 0 Å². The Hall–Kier alpha value is -1.10. The highest BCUT2D eigenvalue weighted by Gasteiger charge is 2.18. The Morgan fingerprint density at radius 2 is 2.31 bits per heavy atom. The minimum Gasteiger partial charge on any atom is -0.382 e. The molecule has 0 aromatic heterocycles. The van der Waals surface area contributed by atoms with Crippen LogP contribution < -0.4 is 5.32 Å². The third-order valence-electron chi connectivity index (χ3n) is 2.83. The standard InChI is InChI=1S/C11H20N2O3/c1-9(16-2)3-4-11(15)13-7-5-10(14)12-6-8-13/h9H,3-8H2,1-2H3,(H,12,14). The molecule has 0 aromatic rings. The minimum atomic E-state index is 0.0283. The largest absolute Gasteiger partial charge is 0.382 e. The molecule has 1 rings (SSSR count). The topological polar surface area (TPSA) is 58.6 Å². The van der Waals surface area contributed by atoms with Crippen LogP contribution in [0.2, 0.25) is 0 Å². The van der Waals surface area contributed by atoms with Crippen molar-refractivity contribution in [2.75, 3.05) is 26.7 Å². The molecule has 2 amide bonds. The number of rotatable bonds is 4. The average Bonchev–Trinajstić information content (AvgIpc) is 2.50. The quantitative estimate of drug-likeness (QED) is 0.745. The first-order chi connectivity index (χ1) is 7.63. The number of nitrogens with one attached hydrogen (secondary N) is 1. The highest BCUT2D eigenvalue weighted by atomic mass is 16.5. The summed E-state index contributed by atoms with van der Waals surface area (Å²) in [6, 6.07) is 0. The Kier molecular flexibility index (Phi) is 5.25. The molecule has 1 aliphatic rings. The van der Waals surface area contributed by atoms with Gasteiger partial charge in [0.1, 0.15) is 0 Å². The first-order valence-corrected chi connectivity index (χ1v) is 5.70. The van der Waals surface area contributed by atoms with Crippen LogP contribution >= 0.6 is 0 Å². The predicted octanol–water partition coefficient (Wildman–Crippen LogP) is 0.150. The summed E-state index contributed by atoms with van der Waals surface area (Å²) in [5, 5.41) is 2.75. The van der Waals surface area contributed by atoms with Crippen molar-refractivity contribution in [3.63, 3.8) is 0 Å². The van der Waals surface area contributed by atoms with E-state index in [0.717, 1.165) is 6.42 Å². The highest BCUT2D eigenvalue weighted by molar-refractivity contribution is 5.80. The number of hydrogen-bond donors (Lipinski definition) is 1. The fourth-order valence-electron chi connectivity index (χ4n) is 1.62. The summed E-state index contributed by atoms with van der Waals surface area (Å²) in [5.41, 5.74) is 0. The number of hydrogen-bond acceptors (Lipinski definition) is 3. The molecule has 0 aliphatic carbocycles. The maximum absolute atomic E-state index is 11.8. The molecule has 0 saturated carbocycles. The first-order valence-electron chi connectivity index (χ1n) is 5.70. The fraction of sp³-hybridized carbons (Fsp3) is 0.818. The summed E-state index contributed by atoms with van der Waals surface area (Å²) in [7, 11) is 1.64. The molecule has 1 heterocycles. The van der Waals surface area contributed by atoms with Crippen molar-refractivity contribution in [2.24, 2.45) is 0 Å². The summed E-state index contributed by atoms with van der Waals surface area (Å²) in [6.45, 7) is 3.66. The second kappa shape index (κ2) is 6.48. The van der Waals surface area contributed by atoms with Crippen LogP contribution in [-0.2, 0) is 14.3 Å². The fourth-order valence-corrected chi connectivity index (χ4v) is 1.62. The van der Waals surface area contributed by atoms with Crippen LogP contribution in [0.4, 0.5) is 0 Å². The molecule has 1 fully saturated rings. The molecule has 0 radical (unpaired) electrons. The Balaban J connectivity index is 2.32. The summed E-state index contributed by atoms with van der Waals surface area (Å²) >= 11 is 0. The third kappa shape index (κ3) is 4.18. The van der Waals surface area contributed by atoms with Gasteiger partial charge >= 0.3 is 0 Å². The monoisotopic (exact) mass is 228 g/mol. The van der Waals surface area contributed by atoms with Gasteiger partial charge in [0.15, 0.2) is 0 Å². The van der Waals surface area contributed by atoms with Crippen molar-refractivity contribution in [1.82, 2.24) is 10.2 Å². The maximum Gasteiger partial charge on any atom is 0.222 e. The van der Waals surface area contributed by atoms with E-state index in [9.17, 15) is 9.59 Å². The lowest BCUT2D eigenvalue weighted by atomic mass is 10.2. The van der Waals surface area contributed by atoms with E-state index < -0.39 is 0 Å². The second-order valence-electron chi connectivity index (χ2n) is 4.07. The van der Waals surface area contributed by atoms with Gasteiger partial charge in [0.05, 0.1) is 6.10 Å². The Morgan fingerprint density at radius 1 is 1.56 bits per heavy atom. The van der Waals surface area contributed by atoms with Gasteiger partial charge < -0.3 is 15.0 Å². The maximum atomic E-state index is 11.8. The van der Waals surface area contributed by atoms with Gasteiger partial charge in [-0.2, -0.15) is 0 Å². The van der Waals surface area contributed by atoms with Crippen molar-refractivity contribution in [2.45, 2.75) is 32.3 Å². The molecule has 92 valence electrons. The van der Waals surface area contributed by atoms with Crippen LogP contribution in [0.15, 0.2) is 0 Å². The minimum absolute atomic E-state index is 0.0283. The van der Waals surface area contributed by atoms with E-state index >= 15 is 0 Å². The zero-order chi connectivity index (χ0) is 12.0. The zero-order valence-electron chi connectivity index (χ0n) is 9.99. The summed E-state index contributed by atoms with van der Waals surface area (Å²) < 4.78 is 5.09. The SMILES string of the molecule is COC(C)CCC(=O)N1CCNC(=O)CC1. The van der Waals surface area contributed by atoms with E-state index in [1.807, 2.05) is 6.92 Å². The first kappa shape index (κ1) is 13.0. The van der Waals surface area contributed by atoms with Crippen LogP contribution in [-0.4, -0.2) is 49.6 Å². The number of nitrogens with zero attached hydrogens (tertiary/aromatic N) is 1. The number of ether oxygens (including phenoxy) is 1. The van der Waals surface area contributed by atoms with Gasteiger partial charge in [-0.3, -0.25) is 9.59 Å². The van der Waals surface area contributed by atoms with Crippen LogP contribution in [0.1, 0.15) is 26.2 Å². The Morgan fingerprint density at radius 3 is 3.00 bits per heavy atom. The molecule has 1 saturated heterocycles. The molecule has 5 nitrogen and oxygen atoms in total. The lowest BCUT2D eigenvalue weighted by Gasteiger charge is -2.20. The summed E-state index contributed by atoms with van der Waals surface area (Å²) in [5.74, 6) is 0.140. The molecular weight excluding hydrogens is 208 g/mol. The molecule has 0 aromatic carbocycles. The molecule has 1 atom stereocenters. The van der Waals surface area contributed by atoms with Crippen molar-refractivity contribution < 1.29 is 14.3 Å². The molecule has 1 aliphatic heterocycles. The Labute approximate surface area is 96.1 Å². The second-order valence-corrected chi connectivity index (χ2v) is 4.07. The van der Waals surface area contributed by atoms with E-state index in [1.165, 1.54) is 0 Å². The molecule has 0 bridgehead atoms. The molecule has 1 unspecified atom stereocenters. The lowest BCUT2D eigenvalue weighted by molar-refractivity contribution is -0.131. The third-order valence-corrected chi connectivity index (χ3v) is 2.83. The Bertz CT molecular complexity index is 256. The van der Waals surface area contributed by atoms with Gasteiger partial charge in [-0.1, -0.05) is 0 Å². The van der Waals surface area contributed by atoms with E-state index in [-0.39, 0.29) is 17.9 Å². The van der Waals surface area contributed by atoms with Crippen LogP contribution in [0.25, 0.3) is 0 Å². The normalized spacial score (nSPS) is 18.9. The summed E-state index contributed by atoms with van der Waals surface area (Å²) in [4.78, 5) is 24.7. The summed E-state index contributed by atoms with van der Waals surface area (Å²) in [6.07, 6.45) is 1.73. The molecule has 1 N–H and O–H groups in total. The van der Waals surface area contributed by atoms with Gasteiger partial charge in [-0.05, 0) is 13.3 Å². The van der Waals surface area contributed by atoms with E-state index in [4.69, 9.17) is 4.74 Å². The average molecular weight is 228 g/mol. The molecule has 5 heteroatoms. The lowest BCUT2D eigenvalue weighted by Crippen LogP contribution is -2.34. The van der Waals surface area contributed by atoms with Gasteiger partial charge in [0.2, 0.25) is 11.8 Å². The van der Waals surface area contributed by atoms with Crippen molar-refractivity contribution in [3.8, 4) is 0 Å². The molecular formula is C11H20N2O3. The number of carbonyl (C=O) groups is 2. The predicted molar refractivity (Wildman–Crippen MR) is 59.9 cm³/mol. The van der Waals surface area contributed by atoms with Gasteiger partial charge in [0.25, 0.3) is 0 Å². The van der Waals surface area contributed by atoms with E-state index in [2.05, 4.69) is 5.32 Å². The van der Waals surface area contributed by atoms with Crippen molar-refractivity contribution in [3.05, 3.63) is 0 Å².